The first-order chi connectivity index (χ1) is 21.5. The summed E-state index contributed by atoms with van der Waals surface area (Å²) in [4.78, 5) is 0. The Balaban J connectivity index is 0.000000286. The molecular weight excluding hydrogens is 724 g/mol. The van der Waals surface area contributed by atoms with Crippen LogP contribution in [0.5, 0.6) is 0 Å². The van der Waals surface area contributed by atoms with Crippen LogP contribution in [0.1, 0.15) is 111 Å². The van der Waals surface area contributed by atoms with Crippen molar-refractivity contribution in [3.63, 3.8) is 0 Å². The second-order valence-corrected chi connectivity index (χ2v) is 15.6. The number of allylic oxidation sites excluding steroid dienone is 2. The van der Waals surface area contributed by atoms with E-state index in [-0.39, 0.29) is 35.6 Å². The molecule has 0 N–H and O–H groups in total. The molecular formula is C42H45Cl2F3Zr-2. The van der Waals surface area contributed by atoms with Gasteiger partial charge in [-0.25, -0.2) is 0 Å². The van der Waals surface area contributed by atoms with Gasteiger partial charge in [-0.3, -0.25) is 6.08 Å². The third kappa shape index (κ3) is 10.6. The van der Waals surface area contributed by atoms with E-state index in [2.05, 4.69) is 91.8 Å². The summed E-state index contributed by atoms with van der Waals surface area (Å²) in [5.41, 5.74) is 12.6. The van der Waals surface area contributed by atoms with Crippen molar-refractivity contribution in [3.05, 3.63) is 141 Å². The van der Waals surface area contributed by atoms with Gasteiger partial charge in [-0.15, -0.1) is 16.7 Å². The van der Waals surface area contributed by atoms with E-state index in [0.717, 1.165) is 45.5 Å². The molecule has 0 radical (unpaired) electrons. The second kappa shape index (κ2) is 17.1. The van der Waals surface area contributed by atoms with Crippen LogP contribution in [0.2, 0.25) is 0 Å². The summed E-state index contributed by atoms with van der Waals surface area (Å²) >= 11 is 1.09. The van der Waals surface area contributed by atoms with Gasteiger partial charge >= 0.3 is 118 Å². The van der Waals surface area contributed by atoms with Crippen molar-refractivity contribution >= 4 is 3.21 Å². The van der Waals surface area contributed by atoms with Gasteiger partial charge in [-0.05, 0) is 35.4 Å². The molecule has 48 heavy (non-hydrogen) atoms. The van der Waals surface area contributed by atoms with E-state index >= 15 is 0 Å². The molecule has 0 aliphatic heterocycles. The Morgan fingerprint density at radius 3 is 1.85 bits per heavy atom. The van der Waals surface area contributed by atoms with E-state index in [1.807, 2.05) is 30.3 Å². The summed E-state index contributed by atoms with van der Waals surface area (Å²) in [7, 11) is 0. The van der Waals surface area contributed by atoms with Crippen LogP contribution in [0.3, 0.4) is 0 Å². The van der Waals surface area contributed by atoms with E-state index in [1.165, 1.54) is 75.9 Å². The Bertz CT molecular complexity index is 1650. The van der Waals surface area contributed by atoms with Crippen LogP contribution in [0, 0.1) is 26.0 Å². The Kier molecular flexibility index (Phi) is 14.9. The van der Waals surface area contributed by atoms with Gasteiger partial charge in [0.25, 0.3) is 0 Å². The van der Waals surface area contributed by atoms with Crippen LogP contribution in [0.4, 0.5) is 13.2 Å². The van der Waals surface area contributed by atoms with Gasteiger partial charge in [0.2, 0.25) is 0 Å². The maximum atomic E-state index is 12.6. The molecule has 4 aromatic carbocycles. The SMILES string of the molecule is Cc1[c-]c2c(cc1C(C)(C)C)-c1cc(C(C)(C)C)c(C)cc1C2.FC(F)(F)c1cccc([C](=[Zr+2])c2ccccc2)c1.[C-]1=CCCC1.[Cl-].[Cl-]. The number of aryl methyl sites for hydroxylation is 2. The first-order valence-electron chi connectivity index (χ1n) is 16.0. The minimum Gasteiger partial charge on any atom is -1.00 e. The third-order valence-electron chi connectivity index (χ3n) is 8.43. The zero-order valence-electron chi connectivity index (χ0n) is 29.2. The number of rotatable bonds is 2. The van der Waals surface area contributed by atoms with Crippen molar-refractivity contribution < 1.29 is 62.2 Å². The van der Waals surface area contributed by atoms with E-state index in [4.69, 9.17) is 0 Å². The molecule has 0 saturated heterocycles. The van der Waals surface area contributed by atoms with Gasteiger partial charge in [-0.1, -0.05) is 84.4 Å². The second-order valence-electron chi connectivity index (χ2n) is 14.3. The normalized spacial score (nSPS) is 13.1. The number of hydrogen-bond acceptors (Lipinski definition) is 0. The Labute approximate surface area is 313 Å². The van der Waals surface area contributed by atoms with E-state index in [0.29, 0.717) is 5.56 Å². The fourth-order valence-electron chi connectivity index (χ4n) is 6.16. The van der Waals surface area contributed by atoms with Gasteiger partial charge in [0.05, 0.1) is 0 Å². The van der Waals surface area contributed by atoms with Gasteiger partial charge in [0.1, 0.15) is 0 Å². The number of fused-ring (bicyclic) bond motifs is 3. The molecule has 0 spiro atoms. The number of halogens is 5. The summed E-state index contributed by atoms with van der Waals surface area (Å²) < 4.78 is 38.8. The summed E-state index contributed by atoms with van der Waals surface area (Å²) in [5, 5.41) is 0. The molecule has 0 fully saturated rings. The van der Waals surface area contributed by atoms with Crippen LogP contribution in [0.15, 0.2) is 78.9 Å². The van der Waals surface area contributed by atoms with Crippen LogP contribution in [0.25, 0.3) is 11.1 Å². The number of alkyl halides is 3. The topological polar surface area (TPSA) is 0 Å². The average molecular weight is 769 g/mol. The van der Waals surface area contributed by atoms with Crippen molar-refractivity contribution in [2.75, 3.05) is 0 Å². The van der Waals surface area contributed by atoms with Crippen LogP contribution < -0.4 is 24.8 Å². The number of benzene rings is 4. The number of hydrogen-bond donors (Lipinski definition) is 0. The van der Waals surface area contributed by atoms with Crippen molar-refractivity contribution in [2.45, 2.75) is 98.1 Å². The van der Waals surface area contributed by atoms with Crippen molar-refractivity contribution in [3.8, 4) is 11.1 Å². The summed E-state index contributed by atoms with van der Waals surface area (Å²) in [6.07, 6.45) is 5.74. The van der Waals surface area contributed by atoms with Crippen LogP contribution in [-0.2, 0) is 47.7 Å². The van der Waals surface area contributed by atoms with Crippen molar-refractivity contribution in [2.24, 2.45) is 0 Å². The van der Waals surface area contributed by atoms with Crippen molar-refractivity contribution in [1.82, 2.24) is 0 Å². The largest absolute Gasteiger partial charge is 1.00 e. The molecule has 0 amide bonds. The molecule has 2 aliphatic rings. The van der Waals surface area contributed by atoms with E-state index in [9.17, 15) is 13.2 Å². The molecule has 0 aromatic heterocycles. The molecule has 6 rings (SSSR count). The monoisotopic (exact) mass is 766 g/mol. The van der Waals surface area contributed by atoms with Crippen molar-refractivity contribution in [1.29, 1.82) is 0 Å². The molecule has 0 unspecified atom stereocenters. The Hall–Kier alpha value is -2.26. The van der Waals surface area contributed by atoms with Gasteiger partial charge in [-0.2, -0.15) is 24.1 Å². The molecule has 2 aliphatic carbocycles. The smallest absolute Gasteiger partial charge is 0.0694 e. The Morgan fingerprint density at radius 2 is 1.33 bits per heavy atom. The fraction of sp³-hybridized carbons (Fsp3) is 0.357. The molecule has 254 valence electrons. The Morgan fingerprint density at radius 1 is 0.729 bits per heavy atom. The first-order valence-corrected chi connectivity index (χ1v) is 17.3. The average Bonchev–Trinajstić information content (AvgIpc) is 3.67. The minimum atomic E-state index is -4.29. The molecule has 0 nitrogen and oxygen atoms in total. The summed E-state index contributed by atoms with van der Waals surface area (Å²) in [6.45, 7) is 18.2. The zero-order valence-corrected chi connectivity index (χ0v) is 33.2. The quantitative estimate of drug-likeness (QED) is 0.205. The van der Waals surface area contributed by atoms with Gasteiger partial charge in [0, 0.05) is 0 Å². The standard InChI is InChI=1S/C23H29.C14H9F3.C5H7.2ClH.Zr/c1-14-9-16-11-17-10-15(2)21(23(6,7)8)13-19(17)18(16)12-20(14)22(3,4)5;15-14(16,17)13-8-4-7-12(10-13)9-11-5-2-1-3-6-11;1-2-4-5-3-1;;;/h9,12-13H,11H2,1-8H3;1-8,10H;1H,2,4-5H2;2*1H;/q-1;;-1;;;+2/p-2. The molecule has 0 atom stereocenters. The zero-order chi connectivity index (χ0) is 33.9. The maximum Gasteiger partial charge on any atom is -0.0694 e. The third-order valence-corrected chi connectivity index (χ3v) is 9.85. The molecule has 4 aromatic rings. The van der Waals surface area contributed by atoms with Crippen LogP contribution in [-0.4, -0.2) is 3.21 Å². The molecule has 0 bridgehead atoms. The summed E-state index contributed by atoms with van der Waals surface area (Å²) in [6, 6.07) is 25.9. The first kappa shape index (κ1) is 41.9. The predicted octanol–water partition coefficient (Wildman–Crippen LogP) is 5.63. The molecule has 0 heterocycles. The van der Waals surface area contributed by atoms with Crippen LogP contribution >= 0.6 is 0 Å². The van der Waals surface area contributed by atoms with E-state index < -0.39 is 11.7 Å². The van der Waals surface area contributed by atoms with E-state index in [1.54, 1.807) is 6.07 Å². The summed E-state index contributed by atoms with van der Waals surface area (Å²) in [5.74, 6) is 0. The predicted molar refractivity (Wildman–Crippen MR) is 183 cm³/mol. The minimum absolute atomic E-state index is 0. The van der Waals surface area contributed by atoms with Gasteiger partial charge in [0.15, 0.2) is 0 Å². The maximum absolute atomic E-state index is 12.6. The fourth-order valence-corrected chi connectivity index (χ4v) is 6.95. The molecule has 6 heteroatoms. The van der Waals surface area contributed by atoms with Gasteiger partial charge < -0.3 is 30.9 Å². The molecule has 0 saturated carbocycles.